The van der Waals surface area contributed by atoms with Gasteiger partial charge in [0, 0.05) is 12.3 Å². The predicted octanol–water partition coefficient (Wildman–Crippen LogP) is 6.53. The summed E-state index contributed by atoms with van der Waals surface area (Å²) >= 11 is -1.81. The van der Waals surface area contributed by atoms with Crippen LogP contribution in [0.1, 0.15) is 110 Å². The van der Waals surface area contributed by atoms with Gasteiger partial charge in [-0.2, -0.15) is 0 Å². The molecule has 3 aliphatic rings. The monoisotopic (exact) mass is 410 g/mol. The van der Waals surface area contributed by atoms with Gasteiger partial charge in [-0.25, -0.2) is 4.21 Å². The fourth-order valence-electron chi connectivity index (χ4n) is 6.85. The van der Waals surface area contributed by atoms with E-state index in [0.29, 0.717) is 30.0 Å². The highest BCUT2D eigenvalue weighted by atomic mass is 32.2. The summed E-state index contributed by atoms with van der Waals surface area (Å²) in [5.74, 6) is 2.53. The van der Waals surface area contributed by atoms with Gasteiger partial charge in [-0.3, -0.25) is 4.79 Å². The molecule has 4 heteroatoms. The minimum atomic E-state index is -1.81. The van der Waals surface area contributed by atoms with Gasteiger partial charge in [0.1, 0.15) is 5.78 Å². The summed E-state index contributed by atoms with van der Waals surface area (Å²) in [5.41, 5.74) is 0.358. The Morgan fingerprint density at radius 3 is 2.43 bits per heavy atom. The maximum absolute atomic E-state index is 13.0. The second kappa shape index (κ2) is 10.2. The van der Waals surface area contributed by atoms with Crippen molar-refractivity contribution in [3.05, 3.63) is 0 Å². The van der Waals surface area contributed by atoms with E-state index in [4.69, 9.17) is 0 Å². The SMILES string of the molecule is CCC1(CC)CCCC(C(=O)CCC(C2CCC3CCCCC3C2)S(=O)O)C1. The zero-order valence-electron chi connectivity index (χ0n) is 18.2. The molecule has 28 heavy (non-hydrogen) atoms. The van der Waals surface area contributed by atoms with Crippen molar-refractivity contribution in [2.24, 2.45) is 29.1 Å². The number of hydrogen-bond acceptors (Lipinski definition) is 2. The maximum Gasteiger partial charge on any atom is 0.156 e. The molecule has 1 N–H and O–H groups in total. The van der Waals surface area contributed by atoms with E-state index < -0.39 is 11.1 Å². The molecule has 0 amide bonds. The number of hydrogen-bond donors (Lipinski definition) is 1. The molecule has 0 spiro atoms. The lowest BCUT2D eigenvalue weighted by Gasteiger charge is -2.41. The lowest BCUT2D eigenvalue weighted by molar-refractivity contribution is -0.125. The molecule has 3 fully saturated rings. The zero-order valence-corrected chi connectivity index (χ0v) is 19.0. The number of carbonyl (C=O) groups is 1. The third kappa shape index (κ3) is 5.28. The van der Waals surface area contributed by atoms with Crippen LogP contribution in [0, 0.1) is 29.1 Å². The minimum Gasteiger partial charge on any atom is -0.306 e. The quantitative estimate of drug-likeness (QED) is 0.463. The Labute approximate surface area is 175 Å². The molecule has 0 aromatic heterocycles. The average Bonchev–Trinajstić information content (AvgIpc) is 2.73. The van der Waals surface area contributed by atoms with Crippen molar-refractivity contribution in [2.45, 2.75) is 115 Å². The van der Waals surface area contributed by atoms with Crippen molar-refractivity contribution in [3.63, 3.8) is 0 Å². The van der Waals surface area contributed by atoms with Crippen LogP contribution in [0.15, 0.2) is 0 Å². The Kier molecular flexibility index (Phi) is 8.18. The third-order valence-corrected chi connectivity index (χ3v) is 10.1. The summed E-state index contributed by atoms with van der Waals surface area (Å²) < 4.78 is 22.1. The average molecular weight is 411 g/mol. The molecule has 162 valence electrons. The first kappa shape index (κ1) is 22.5. The van der Waals surface area contributed by atoms with Crippen LogP contribution >= 0.6 is 0 Å². The molecule has 3 saturated carbocycles. The van der Waals surface area contributed by atoms with E-state index in [1.165, 1.54) is 57.8 Å². The highest BCUT2D eigenvalue weighted by Crippen LogP contribution is 2.46. The Balaban J connectivity index is 1.54. The van der Waals surface area contributed by atoms with Crippen LogP contribution in [-0.2, 0) is 15.9 Å². The fourth-order valence-corrected chi connectivity index (χ4v) is 7.75. The van der Waals surface area contributed by atoms with Crippen molar-refractivity contribution in [1.29, 1.82) is 0 Å². The Hall–Kier alpha value is -0.220. The molecule has 0 radical (unpaired) electrons. The topological polar surface area (TPSA) is 54.4 Å². The van der Waals surface area contributed by atoms with Gasteiger partial charge in [0.2, 0.25) is 0 Å². The van der Waals surface area contributed by atoms with Crippen molar-refractivity contribution < 1.29 is 13.6 Å². The normalized spacial score (nSPS) is 35.0. The maximum atomic E-state index is 13.0. The Bertz CT molecular complexity index is 542. The number of carbonyl (C=O) groups excluding carboxylic acids is 1. The second-order valence-corrected chi connectivity index (χ2v) is 11.4. The first-order valence-corrected chi connectivity index (χ1v) is 13.3. The van der Waals surface area contributed by atoms with E-state index in [2.05, 4.69) is 13.8 Å². The molecule has 0 saturated heterocycles. The van der Waals surface area contributed by atoms with Gasteiger partial charge in [-0.1, -0.05) is 58.8 Å². The summed E-state index contributed by atoms with van der Waals surface area (Å²) in [4.78, 5) is 13.0. The Morgan fingerprint density at radius 1 is 1.04 bits per heavy atom. The lowest BCUT2D eigenvalue weighted by atomic mass is 9.65. The van der Waals surface area contributed by atoms with Crippen molar-refractivity contribution in [3.8, 4) is 0 Å². The van der Waals surface area contributed by atoms with Gasteiger partial charge < -0.3 is 4.55 Å². The van der Waals surface area contributed by atoms with Gasteiger partial charge in [0.05, 0.1) is 5.25 Å². The fraction of sp³-hybridized carbons (Fsp3) is 0.958. The van der Waals surface area contributed by atoms with Crippen LogP contribution in [0.5, 0.6) is 0 Å². The van der Waals surface area contributed by atoms with Crippen LogP contribution in [0.4, 0.5) is 0 Å². The second-order valence-electron chi connectivity index (χ2n) is 10.2. The van der Waals surface area contributed by atoms with Crippen LogP contribution in [0.3, 0.4) is 0 Å². The number of rotatable bonds is 8. The number of Topliss-reactive ketones (excluding diaryl/α,β-unsaturated/α-hetero) is 1. The van der Waals surface area contributed by atoms with Crippen LogP contribution in [-0.4, -0.2) is 19.8 Å². The first-order chi connectivity index (χ1) is 13.5. The van der Waals surface area contributed by atoms with Crippen molar-refractivity contribution in [2.75, 3.05) is 0 Å². The van der Waals surface area contributed by atoms with Gasteiger partial charge in [-0.05, 0) is 68.1 Å². The van der Waals surface area contributed by atoms with E-state index in [0.717, 1.165) is 37.5 Å². The molecule has 0 aliphatic heterocycles. The summed E-state index contributed by atoms with van der Waals surface area (Å²) in [6.07, 6.45) is 16.8. The molecule has 0 aromatic carbocycles. The van der Waals surface area contributed by atoms with Gasteiger partial charge in [-0.15, -0.1) is 0 Å². The van der Waals surface area contributed by atoms with E-state index >= 15 is 0 Å². The summed E-state index contributed by atoms with van der Waals surface area (Å²) in [5, 5.41) is -0.197. The molecule has 0 heterocycles. The van der Waals surface area contributed by atoms with E-state index in [-0.39, 0.29) is 11.2 Å². The lowest BCUT2D eigenvalue weighted by Crippen LogP contribution is -2.36. The molecular formula is C24H42O3S. The van der Waals surface area contributed by atoms with Crippen molar-refractivity contribution in [1.82, 2.24) is 0 Å². The summed E-state index contributed by atoms with van der Waals surface area (Å²) in [7, 11) is 0. The minimum absolute atomic E-state index is 0.190. The van der Waals surface area contributed by atoms with E-state index in [1.54, 1.807) is 0 Å². The molecule has 6 unspecified atom stereocenters. The smallest absolute Gasteiger partial charge is 0.156 e. The van der Waals surface area contributed by atoms with Crippen LogP contribution < -0.4 is 0 Å². The highest BCUT2D eigenvalue weighted by molar-refractivity contribution is 7.79. The summed E-state index contributed by atoms with van der Waals surface area (Å²) in [6, 6.07) is 0. The highest BCUT2D eigenvalue weighted by Gasteiger charge is 2.39. The molecule has 6 atom stereocenters. The Morgan fingerprint density at radius 2 is 1.75 bits per heavy atom. The van der Waals surface area contributed by atoms with Gasteiger partial charge in [0.15, 0.2) is 11.1 Å². The molecule has 3 nitrogen and oxygen atoms in total. The first-order valence-electron chi connectivity index (χ1n) is 12.1. The molecular weight excluding hydrogens is 368 g/mol. The van der Waals surface area contributed by atoms with E-state index in [9.17, 15) is 13.6 Å². The summed E-state index contributed by atoms with van der Waals surface area (Å²) in [6.45, 7) is 4.53. The molecule has 0 aromatic rings. The van der Waals surface area contributed by atoms with Crippen LogP contribution in [0.25, 0.3) is 0 Å². The van der Waals surface area contributed by atoms with Gasteiger partial charge >= 0.3 is 0 Å². The number of ketones is 1. The molecule has 3 aliphatic carbocycles. The van der Waals surface area contributed by atoms with Crippen LogP contribution in [0.2, 0.25) is 0 Å². The zero-order chi connectivity index (χ0) is 20.1. The molecule has 0 bridgehead atoms. The number of fused-ring (bicyclic) bond motifs is 1. The predicted molar refractivity (Wildman–Crippen MR) is 117 cm³/mol. The van der Waals surface area contributed by atoms with Crippen molar-refractivity contribution >= 4 is 16.9 Å². The largest absolute Gasteiger partial charge is 0.306 e. The molecule has 3 rings (SSSR count). The van der Waals surface area contributed by atoms with E-state index in [1.807, 2.05) is 0 Å². The van der Waals surface area contributed by atoms with Gasteiger partial charge in [0.25, 0.3) is 0 Å². The standard InChI is InChI=1S/C24H42O3S/c1-3-24(4-2)15-7-10-21(17-24)22(25)13-14-23(28(26)27)20-12-11-18-8-5-6-9-19(18)16-20/h18-21,23H,3-17H2,1-2H3,(H,26,27). The third-order valence-electron chi connectivity index (χ3n) is 8.93.